The fourth-order valence-corrected chi connectivity index (χ4v) is 2.29. The summed E-state index contributed by atoms with van der Waals surface area (Å²) in [6, 6.07) is 4.87. The molecule has 8 heteroatoms. The summed E-state index contributed by atoms with van der Waals surface area (Å²) in [5, 5.41) is 10.5. The minimum absolute atomic E-state index is 0.0484. The van der Waals surface area contributed by atoms with Gasteiger partial charge in [-0.15, -0.1) is 0 Å². The maximum atomic E-state index is 12.4. The third kappa shape index (κ3) is 4.88. The Kier molecular flexibility index (Phi) is 5.49. The molecule has 5 nitrogen and oxygen atoms in total. The van der Waals surface area contributed by atoms with Gasteiger partial charge in [-0.3, -0.25) is 4.68 Å². The number of hydrogen-bond acceptors (Lipinski definition) is 3. The van der Waals surface area contributed by atoms with E-state index in [4.69, 9.17) is 12.2 Å². The average molecular weight is 340 g/mol. The van der Waals surface area contributed by atoms with Crippen LogP contribution in [0.5, 0.6) is 5.75 Å². The SMILES string of the molecule is Cc1ccc(OC(F)F)c(NC(=S)NCc2cn(C)nc2C)c1. The molecule has 124 valence electrons. The molecule has 0 amide bonds. The summed E-state index contributed by atoms with van der Waals surface area (Å²) in [6.07, 6.45) is 1.89. The summed E-state index contributed by atoms with van der Waals surface area (Å²) in [5.74, 6) is 0.0484. The molecule has 2 N–H and O–H groups in total. The van der Waals surface area contributed by atoms with Crippen LogP contribution in [0.1, 0.15) is 16.8 Å². The fourth-order valence-electron chi connectivity index (χ4n) is 2.10. The van der Waals surface area contributed by atoms with Gasteiger partial charge >= 0.3 is 6.61 Å². The van der Waals surface area contributed by atoms with Crippen molar-refractivity contribution in [2.45, 2.75) is 27.0 Å². The van der Waals surface area contributed by atoms with Crippen molar-refractivity contribution in [2.24, 2.45) is 7.05 Å². The molecule has 0 spiro atoms. The van der Waals surface area contributed by atoms with Crippen molar-refractivity contribution in [3.63, 3.8) is 0 Å². The quantitative estimate of drug-likeness (QED) is 0.819. The lowest BCUT2D eigenvalue weighted by atomic mass is 10.2. The van der Waals surface area contributed by atoms with Gasteiger partial charge < -0.3 is 15.4 Å². The highest BCUT2D eigenvalue weighted by Crippen LogP contribution is 2.27. The Morgan fingerprint density at radius 3 is 2.74 bits per heavy atom. The van der Waals surface area contributed by atoms with Gasteiger partial charge in [0, 0.05) is 25.4 Å². The summed E-state index contributed by atoms with van der Waals surface area (Å²) < 4.78 is 31.1. The zero-order chi connectivity index (χ0) is 17.0. The molecule has 23 heavy (non-hydrogen) atoms. The van der Waals surface area contributed by atoms with Crippen LogP contribution in [-0.2, 0) is 13.6 Å². The third-order valence-electron chi connectivity index (χ3n) is 3.15. The first-order chi connectivity index (χ1) is 10.8. The lowest BCUT2D eigenvalue weighted by Gasteiger charge is -2.15. The van der Waals surface area contributed by atoms with Crippen molar-refractivity contribution in [2.75, 3.05) is 5.32 Å². The molecular formula is C15H18F2N4OS. The second-order valence-electron chi connectivity index (χ2n) is 5.10. The van der Waals surface area contributed by atoms with Crippen LogP contribution < -0.4 is 15.4 Å². The van der Waals surface area contributed by atoms with E-state index in [1.807, 2.05) is 27.1 Å². The second-order valence-corrected chi connectivity index (χ2v) is 5.51. The molecule has 0 aliphatic rings. The van der Waals surface area contributed by atoms with E-state index in [1.165, 1.54) is 6.07 Å². The molecule has 0 saturated carbocycles. The Morgan fingerprint density at radius 2 is 2.13 bits per heavy atom. The first-order valence-electron chi connectivity index (χ1n) is 6.94. The van der Waals surface area contributed by atoms with Crippen LogP contribution in [0, 0.1) is 13.8 Å². The van der Waals surface area contributed by atoms with Gasteiger partial charge in [-0.05, 0) is 43.8 Å². The van der Waals surface area contributed by atoms with Crippen LogP contribution in [-0.4, -0.2) is 21.5 Å². The van der Waals surface area contributed by atoms with Gasteiger partial charge in [0.1, 0.15) is 5.75 Å². The Labute approximate surface area is 138 Å². The molecule has 0 saturated heterocycles. The van der Waals surface area contributed by atoms with Gasteiger partial charge in [0.05, 0.1) is 11.4 Å². The highest BCUT2D eigenvalue weighted by molar-refractivity contribution is 7.80. The Balaban J connectivity index is 2.02. The smallest absolute Gasteiger partial charge is 0.387 e. The van der Waals surface area contributed by atoms with Gasteiger partial charge in [0.15, 0.2) is 5.11 Å². The molecule has 0 aliphatic heterocycles. The van der Waals surface area contributed by atoms with Crippen molar-refractivity contribution in [3.8, 4) is 5.75 Å². The van der Waals surface area contributed by atoms with Gasteiger partial charge in [0.25, 0.3) is 0 Å². The van der Waals surface area contributed by atoms with E-state index >= 15 is 0 Å². The van der Waals surface area contributed by atoms with Crippen LogP contribution in [0.4, 0.5) is 14.5 Å². The number of alkyl halides is 2. The predicted octanol–water partition coefficient (Wildman–Crippen LogP) is 3.12. The summed E-state index contributed by atoms with van der Waals surface area (Å²) in [4.78, 5) is 0. The number of hydrogen-bond donors (Lipinski definition) is 2. The molecule has 0 unspecified atom stereocenters. The highest BCUT2D eigenvalue weighted by Gasteiger charge is 2.11. The maximum Gasteiger partial charge on any atom is 0.387 e. The van der Waals surface area contributed by atoms with Crippen LogP contribution in [0.3, 0.4) is 0 Å². The third-order valence-corrected chi connectivity index (χ3v) is 3.40. The van der Waals surface area contributed by atoms with E-state index < -0.39 is 6.61 Å². The summed E-state index contributed by atoms with van der Waals surface area (Å²) in [5.41, 5.74) is 3.20. The molecule has 1 heterocycles. The van der Waals surface area contributed by atoms with Crippen LogP contribution in [0.25, 0.3) is 0 Å². The first kappa shape index (κ1) is 17.1. The number of aromatic nitrogens is 2. The van der Waals surface area contributed by atoms with Crippen molar-refractivity contribution < 1.29 is 13.5 Å². The van der Waals surface area contributed by atoms with Crippen LogP contribution >= 0.6 is 12.2 Å². The van der Waals surface area contributed by atoms with Crippen molar-refractivity contribution in [3.05, 3.63) is 41.2 Å². The normalized spacial score (nSPS) is 10.7. The number of rotatable bonds is 5. The number of nitrogens with zero attached hydrogens (tertiary/aromatic N) is 2. The molecule has 0 atom stereocenters. The van der Waals surface area contributed by atoms with E-state index in [0.717, 1.165) is 16.8 Å². The number of aryl methyl sites for hydroxylation is 3. The molecule has 0 bridgehead atoms. The maximum absolute atomic E-state index is 12.4. The van der Waals surface area contributed by atoms with Crippen LogP contribution in [0.2, 0.25) is 0 Å². The van der Waals surface area contributed by atoms with E-state index in [1.54, 1.807) is 16.8 Å². The first-order valence-corrected chi connectivity index (χ1v) is 7.35. The number of benzene rings is 1. The summed E-state index contributed by atoms with van der Waals surface area (Å²) in [6.45, 7) is 1.36. The Morgan fingerprint density at radius 1 is 1.39 bits per heavy atom. The van der Waals surface area contributed by atoms with Gasteiger partial charge in [-0.1, -0.05) is 6.07 Å². The largest absolute Gasteiger partial charge is 0.433 e. The second kappa shape index (κ2) is 7.36. The van der Waals surface area contributed by atoms with E-state index in [-0.39, 0.29) is 5.75 Å². The number of thiocarbonyl (C=S) groups is 1. The van der Waals surface area contributed by atoms with Gasteiger partial charge in [-0.2, -0.15) is 13.9 Å². The Bertz CT molecular complexity index is 703. The molecule has 2 rings (SSSR count). The monoisotopic (exact) mass is 340 g/mol. The average Bonchev–Trinajstić information content (AvgIpc) is 2.77. The molecule has 1 aromatic carbocycles. The van der Waals surface area contributed by atoms with Crippen LogP contribution in [0.15, 0.2) is 24.4 Å². The predicted molar refractivity (Wildman–Crippen MR) is 88.8 cm³/mol. The number of nitrogens with one attached hydrogen (secondary N) is 2. The molecule has 0 radical (unpaired) electrons. The molecule has 1 aromatic heterocycles. The number of halogens is 2. The molecule has 0 fully saturated rings. The Hall–Kier alpha value is -2.22. The zero-order valence-electron chi connectivity index (χ0n) is 13.1. The van der Waals surface area contributed by atoms with Crippen molar-refractivity contribution in [1.82, 2.24) is 15.1 Å². The molecule has 2 aromatic rings. The van der Waals surface area contributed by atoms with E-state index in [9.17, 15) is 8.78 Å². The van der Waals surface area contributed by atoms with Gasteiger partial charge in [0.2, 0.25) is 0 Å². The standard InChI is InChI=1S/C15H18F2N4OS/c1-9-4-5-13(22-14(16)17)12(6-9)19-15(23)18-7-11-8-21(3)20-10(11)2/h4-6,8,14H,7H2,1-3H3,(H2,18,19,23). The molecular weight excluding hydrogens is 322 g/mol. The fraction of sp³-hybridized carbons (Fsp3) is 0.333. The summed E-state index contributed by atoms with van der Waals surface area (Å²) in [7, 11) is 1.84. The van der Waals surface area contributed by atoms with Gasteiger partial charge in [-0.25, -0.2) is 0 Å². The van der Waals surface area contributed by atoms with E-state index in [0.29, 0.717) is 17.3 Å². The molecule has 0 aliphatic carbocycles. The summed E-state index contributed by atoms with van der Waals surface area (Å²) >= 11 is 5.21. The van der Waals surface area contributed by atoms with E-state index in [2.05, 4.69) is 20.5 Å². The highest BCUT2D eigenvalue weighted by atomic mass is 32.1. The van der Waals surface area contributed by atoms with Crippen molar-refractivity contribution in [1.29, 1.82) is 0 Å². The lowest BCUT2D eigenvalue weighted by molar-refractivity contribution is -0.0493. The number of anilines is 1. The minimum Gasteiger partial charge on any atom is -0.433 e. The topological polar surface area (TPSA) is 51.1 Å². The zero-order valence-corrected chi connectivity index (χ0v) is 13.9. The lowest BCUT2D eigenvalue weighted by Crippen LogP contribution is -2.28. The minimum atomic E-state index is -2.89. The number of ether oxygens (including phenoxy) is 1. The van der Waals surface area contributed by atoms with Crippen molar-refractivity contribution >= 4 is 23.0 Å².